The monoisotopic (exact) mass is 589 g/mol. The van der Waals surface area contributed by atoms with Crippen molar-refractivity contribution in [1.82, 2.24) is 10.2 Å². The Balaban J connectivity index is 2.05. The topological polar surface area (TPSA) is 86.8 Å². The van der Waals surface area contributed by atoms with E-state index in [4.69, 9.17) is 23.2 Å². The fourth-order valence-corrected chi connectivity index (χ4v) is 5.81. The van der Waals surface area contributed by atoms with Gasteiger partial charge in [-0.05, 0) is 63.6 Å². The molecule has 1 N–H and O–H groups in total. The van der Waals surface area contributed by atoms with Gasteiger partial charge in [-0.1, -0.05) is 72.1 Å². The molecule has 0 spiro atoms. The molecule has 2 amide bonds. The van der Waals surface area contributed by atoms with E-state index >= 15 is 0 Å². The first-order valence-corrected chi connectivity index (χ1v) is 14.8. The van der Waals surface area contributed by atoms with Gasteiger partial charge in [-0.15, -0.1) is 0 Å². The Morgan fingerprint density at radius 2 is 1.49 bits per heavy atom. The van der Waals surface area contributed by atoms with Crippen LogP contribution in [0.5, 0.6) is 0 Å². The van der Waals surface area contributed by atoms with Gasteiger partial charge in [-0.25, -0.2) is 8.42 Å². The number of nitrogens with zero attached hydrogens (tertiary/aromatic N) is 2. The van der Waals surface area contributed by atoms with Gasteiger partial charge in [0.25, 0.3) is 10.0 Å². The lowest BCUT2D eigenvalue weighted by Crippen LogP contribution is -2.52. The summed E-state index contributed by atoms with van der Waals surface area (Å²) in [4.78, 5) is 28.4. The summed E-state index contributed by atoms with van der Waals surface area (Å²) < 4.78 is 28.6. The van der Waals surface area contributed by atoms with Gasteiger partial charge in [0, 0.05) is 28.2 Å². The van der Waals surface area contributed by atoms with Gasteiger partial charge >= 0.3 is 0 Å². The van der Waals surface area contributed by atoms with Crippen LogP contribution in [0.4, 0.5) is 5.69 Å². The van der Waals surface area contributed by atoms with E-state index in [1.165, 1.54) is 17.0 Å². The Labute approximate surface area is 240 Å². The molecule has 3 aromatic carbocycles. The molecule has 39 heavy (non-hydrogen) atoms. The number of hydrogen-bond acceptors (Lipinski definition) is 4. The number of sulfonamides is 1. The second-order valence-corrected chi connectivity index (χ2v) is 12.1. The fraction of sp³-hybridized carbons (Fsp3) is 0.310. The van der Waals surface area contributed by atoms with E-state index in [1.54, 1.807) is 67.6 Å². The molecule has 0 radical (unpaired) electrons. The average molecular weight is 591 g/mol. The summed E-state index contributed by atoms with van der Waals surface area (Å²) in [6.07, 6.45) is 0.708. The molecule has 0 aliphatic rings. The third-order valence-corrected chi connectivity index (χ3v) is 8.99. The van der Waals surface area contributed by atoms with Gasteiger partial charge in [-0.2, -0.15) is 0 Å². The highest BCUT2D eigenvalue weighted by Crippen LogP contribution is 2.28. The second kappa shape index (κ2) is 13.3. The number of aryl methyl sites for hydroxylation is 1. The number of carbonyl (C=O) groups is 2. The Morgan fingerprint density at radius 3 is 2.05 bits per heavy atom. The number of rotatable bonds is 11. The van der Waals surface area contributed by atoms with Crippen LogP contribution in [0.3, 0.4) is 0 Å². The SMILES string of the molecule is CC[C@H](C)NC(=O)[C@H](C)N(Cc1c(Cl)cccc1Cl)C(=O)CN(c1ccc(C)cc1)S(=O)(=O)c1ccccc1. The molecule has 3 rings (SSSR count). The molecule has 0 bridgehead atoms. The van der Waals surface area contributed by atoms with Gasteiger partial charge in [0.2, 0.25) is 11.8 Å². The maximum Gasteiger partial charge on any atom is 0.264 e. The van der Waals surface area contributed by atoms with Gasteiger partial charge < -0.3 is 10.2 Å². The van der Waals surface area contributed by atoms with Crippen LogP contribution in [0.2, 0.25) is 10.0 Å². The molecule has 0 saturated carbocycles. The molecule has 0 unspecified atom stereocenters. The predicted molar refractivity (Wildman–Crippen MR) is 157 cm³/mol. The first-order chi connectivity index (χ1) is 18.4. The van der Waals surface area contributed by atoms with E-state index in [9.17, 15) is 18.0 Å². The highest BCUT2D eigenvalue weighted by Gasteiger charge is 2.33. The average Bonchev–Trinajstić information content (AvgIpc) is 2.92. The van der Waals surface area contributed by atoms with Crippen LogP contribution in [0.15, 0.2) is 77.7 Å². The summed E-state index contributed by atoms with van der Waals surface area (Å²) in [5.41, 5.74) is 1.72. The van der Waals surface area contributed by atoms with E-state index in [0.717, 1.165) is 9.87 Å². The number of halogens is 2. The van der Waals surface area contributed by atoms with Crippen LogP contribution in [0.25, 0.3) is 0 Å². The minimum absolute atomic E-state index is 0.0432. The van der Waals surface area contributed by atoms with E-state index < -0.39 is 28.5 Å². The highest BCUT2D eigenvalue weighted by atomic mass is 35.5. The molecule has 2 atom stereocenters. The fourth-order valence-electron chi connectivity index (χ4n) is 3.86. The predicted octanol–water partition coefficient (Wildman–Crippen LogP) is 5.83. The molecule has 0 saturated heterocycles. The van der Waals surface area contributed by atoms with E-state index in [1.807, 2.05) is 20.8 Å². The lowest BCUT2D eigenvalue weighted by Gasteiger charge is -2.32. The normalized spacial score (nSPS) is 12.9. The molecule has 0 aliphatic carbocycles. The summed E-state index contributed by atoms with van der Waals surface area (Å²) in [6, 6.07) is 18.7. The molecule has 0 aromatic heterocycles. The van der Waals surface area contributed by atoms with Crippen LogP contribution in [-0.4, -0.2) is 43.8 Å². The zero-order valence-electron chi connectivity index (χ0n) is 22.4. The molecule has 0 fully saturated rings. The van der Waals surface area contributed by atoms with E-state index in [0.29, 0.717) is 27.7 Å². The summed E-state index contributed by atoms with van der Waals surface area (Å²) in [7, 11) is -4.12. The Morgan fingerprint density at radius 1 is 0.897 bits per heavy atom. The number of anilines is 1. The van der Waals surface area contributed by atoms with Gasteiger partial charge in [0.05, 0.1) is 10.6 Å². The lowest BCUT2D eigenvalue weighted by molar-refractivity contribution is -0.139. The molecule has 3 aromatic rings. The van der Waals surface area contributed by atoms with Crippen molar-refractivity contribution in [2.75, 3.05) is 10.8 Å². The van der Waals surface area contributed by atoms with Crippen LogP contribution in [0.1, 0.15) is 38.3 Å². The van der Waals surface area contributed by atoms with Crippen molar-refractivity contribution >= 4 is 50.7 Å². The quantitative estimate of drug-likeness (QED) is 0.305. The van der Waals surface area contributed by atoms with Gasteiger partial charge in [-0.3, -0.25) is 13.9 Å². The van der Waals surface area contributed by atoms with Crippen molar-refractivity contribution in [1.29, 1.82) is 0 Å². The Hall–Kier alpha value is -3.07. The number of carbonyl (C=O) groups excluding carboxylic acids is 2. The summed E-state index contributed by atoms with van der Waals surface area (Å²) in [6.45, 7) is 6.67. The van der Waals surface area contributed by atoms with Crippen molar-refractivity contribution in [3.8, 4) is 0 Å². The van der Waals surface area contributed by atoms with Crippen molar-refractivity contribution in [2.24, 2.45) is 0 Å². The number of benzene rings is 3. The number of amides is 2. The maximum atomic E-state index is 14.0. The van der Waals surface area contributed by atoms with E-state index in [2.05, 4.69) is 5.32 Å². The Kier molecular flexibility index (Phi) is 10.4. The zero-order valence-corrected chi connectivity index (χ0v) is 24.7. The first-order valence-electron chi connectivity index (χ1n) is 12.6. The smallest absolute Gasteiger partial charge is 0.264 e. The third-order valence-electron chi connectivity index (χ3n) is 6.49. The second-order valence-electron chi connectivity index (χ2n) is 9.38. The van der Waals surface area contributed by atoms with Crippen molar-refractivity contribution in [3.05, 3.63) is 94.0 Å². The molecule has 0 aliphatic heterocycles. The molecular formula is C29H33Cl2N3O4S. The number of hydrogen-bond donors (Lipinski definition) is 1. The lowest BCUT2D eigenvalue weighted by atomic mass is 10.1. The third kappa shape index (κ3) is 7.53. The molecule has 10 heteroatoms. The summed E-state index contributed by atoms with van der Waals surface area (Å²) in [5.74, 6) is -0.952. The Bertz CT molecular complexity index is 1380. The first kappa shape index (κ1) is 30.5. The molecular weight excluding hydrogens is 557 g/mol. The van der Waals surface area contributed by atoms with Crippen LogP contribution >= 0.6 is 23.2 Å². The summed E-state index contributed by atoms with van der Waals surface area (Å²) in [5, 5.41) is 3.57. The molecule has 7 nitrogen and oxygen atoms in total. The van der Waals surface area contributed by atoms with Crippen molar-refractivity contribution in [2.45, 2.75) is 57.6 Å². The van der Waals surface area contributed by atoms with Crippen molar-refractivity contribution in [3.63, 3.8) is 0 Å². The number of nitrogens with one attached hydrogen (secondary N) is 1. The summed E-state index contributed by atoms with van der Waals surface area (Å²) >= 11 is 12.8. The standard InChI is InChI=1S/C29H33Cl2N3O4S/c1-5-21(3)32-29(36)22(4)33(18-25-26(30)12-9-13-27(25)31)28(35)19-34(23-16-14-20(2)15-17-23)39(37,38)24-10-7-6-8-11-24/h6-17,21-22H,5,18-19H2,1-4H3,(H,32,36)/t21-,22-/m0/s1. The van der Waals surface area contributed by atoms with E-state index in [-0.39, 0.29) is 23.4 Å². The maximum absolute atomic E-state index is 14.0. The minimum Gasteiger partial charge on any atom is -0.352 e. The zero-order chi connectivity index (χ0) is 28.7. The van der Waals surface area contributed by atoms with Crippen LogP contribution < -0.4 is 9.62 Å². The van der Waals surface area contributed by atoms with Gasteiger partial charge in [0.1, 0.15) is 12.6 Å². The van der Waals surface area contributed by atoms with Crippen LogP contribution in [-0.2, 0) is 26.2 Å². The molecule has 0 heterocycles. The largest absolute Gasteiger partial charge is 0.352 e. The van der Waals surface area contributed by atoms with Gasteiger partial charge in [0.15, 0.2) is 0 Å². The highest BCUT2D eigenvalue weighted by molar-refractivity contribution is 7.92. The minimum atomic E-state index is -4.12. The van der Waals surface area contributed by atoms with Crippen LogP contribution in [0, 0.1) is 6.92 Å². The molecule has 208 valence electrons. The van der Waals surface area contributed by atoms with Crippen molar-refractivity contribution < 1.29 is 18.0 Å².